The van der Waals surface area contributed by atoms with Crippen LogP contribution in [0.4, 0.5) is 0 Å². The van der Waals surface area contributed by atoms with Crippen molar-refractivity contribution in [3.63, 3.8) is 0 Å². The number of phosphoric ester groups is 1. The first kappa shape index (κ1) is 86.2. The van der Waals surface area contributed by atoms with Crippen molar-refractivity contribution < 1.29 is 42.1 Å². The van der Waals surface area contributed by atoms with Crippen LogP contribution in [0.5, 0.6) is 0 Å². The van der Waals surface area contributed by atoms with E-state index >= 15 is 0 Å². The van der Waals surface area contributed by atoms with Crippen LogP contribution < -0.4 is 0 Å². The molecule has 10 heteroatoms. The number of hydrogen-bond acceptors (Lipinski definition) is 7. The van der Waals surface area contributed by atoms with Crippen molar-refractivity contribution in [1.82, 2.24) is 0 Å². The van der Waals surface area contributed by atoms with Gasteiger partial charge in [0.2, 0.25) is 0 Å². The lowest BCUT2D eigenvalue weighted by atomic mass is 10.0. The number of carbonyl (C=O) groups is 2. The molecule has 0 aliphatic carbocycles. The smallest absolute Gasteiger partial charge is 0.462 e. The van der Waals surface area contributed by atoms with E-state index in [1.165, 1.54) is 173 Å². The summed E-state index contributed by atoms with van der Waals surface area (Å²) in [4.78, 5) is 35.9. The van der Waals surface area contributed by atoms with E-state index in [1.54, 1.807) is 0 Å². The van der Waals surface area contributed by atoms with Crippen molar-refractivity contribution in [2.75, 3.05) is 47.5 Å². The van der Waals surface area contributed by atoms with E-state index in [4.69, 9.17) is 18.5 Å². The van der Waals surface area contributed by atoms with E-state index in [1.807, 2.05) is 21.1 Å². The number of unbranched alkanes of at least 4 members (excludes halogenated alkanes) is 31. The summed E-state index contributed by atoms with van der Waals surface area (Å²) in [6.07, 6.45) is 101. The predicted molar refractivity (Wildman–Crippen MR) is 390 cm³/mol. The number of carbonyl (C=O) groups excluding carboxylic acids is 2. The molecule has 0 heterocycles. The molecule has 0 fully saturated rings. The second kappa shape index (κ2) is 69.5. The zero-order chi connectivity index (χ0) is 65.5. The lowest BCUT2D eigenvalue weighted by molar-refractivity contribution is -0.870. The summed E-state index contributed by atoms with van der Waals surface area (Å²) in [7, 11) is 1.45. The Morgan fingerprint density at radius 2 is 0.633 bits per heavy atom. The highest BCUT2D eigenvalue weighted by molar-refractivity contribution is 7.47. The molecule has 0 aliphatic heterocycles. The molecule has 0 radical (unpaired) electrons. The van der Waals surface area contributed by atoms with E-state index in [0.717, 1.165) is 103 Å². The zero-order valence-corrected chi connectivity index (χ0v) is 59.7. The van der Waals surface area contributed by atoms with Crippen LogP contribution in [-0.2, 0) is 32.7 Å². The summed E-state index contributed by atoms with van der Waals surface area (Å²) in [5.74, 6) is -0.834. The minimum Gasteiger partial charge on any atom is -0.462 e. The third-order valence-corrected chi connectivity index (χ3v) is 16.6. The predicted octanol–water partition coefficient (Wildman–Crippen LogP) is 24.4. The number of ether oxygens (including phenoxy) is 2. The molecule has 0 aromatic heterocycles. The lowest BCUT2D eigenvalue weighted by Crippen LogP contribution is -2.37. The molecule has 0 aromatic rings. The Bertz CT molecular complexity index is 1980. The van der Waals surface area contributed by atoms with E-state index in [0.29, 0.717) is 17.4 Å². The number of rotatable bonds is 67. The molecule has 2 atom stereocenters. The maximum Gasteiger partial charge on any atom is 0.472 e. The van der Waals surface area contributed by atoms with Gasteiger partial charge < -0.3 is 18.9 Å². The Hall–Kier alpha value is -3.85. The molecular formula is C80H139NO8P+. The van der Waals surface area contributed by atoms with Crippen LogP contribution in [0, 0.1) is 0 Å². The Kier molecular flexibility index (Phi) is 66.5. The van der Waals surface area contributed by atoms with Gasteiger partial charge in [-0.2, -0.15) is 0 Å². The highest BCUT2D eigenvalue weighted by Gasteiger charge is 2.27. The molecule has 1 N–H and O–H groups in total. The largest absolute Gasteiger partial charge is 0.472 e. The van der Waals surface area contributed by atoms with E-state index in [2.05, 4.69) is 148 Å². The van der Waals surface area contributed by atoms with Gasteiger partial charge in [0.1, 0.15) is 19.8 Å². The maximum absolute atomic E-state index is 12.9. The topological polar surface area (TPSA) is 108 Å². The standard InChI is InChI=1S/C80H138NO8P/c1-6-8-10-12-14-16-18-20-22-24-26-28-30-32-34-36-38-39-40-41-43-44-46-48-50-52-54-56-58-60-62-64-66-68-70-72-79(82)86-76-78(77-88-90(84,85)87-75-74-81(3,4)5)89-80(83)73-71-69-67-65-63-61-59-57-55-53-51-49-47-45-42-37-35-33-31-29-27-25-23-21-19-17-15-13-11-9-7-2/h9,11,15,17-18,20-21,23-24,26-27,29,33,35,42,45,49,51,55,57,61,63,78H,6-8,10,12-14,16,19,22,25,28,30-32,34,36-41,43-44,46-48,50,52-54,56,58-60,62,64-77H2,1-5H3/p+1/b11-9-,17-15-,20-18-,23-21-,26-24-,29-27-,35-33-,45-42-,51-49-,57-55-,63-61-. The summed E-state index contributed by atoms with van der Waals surface area (Å²) >= 11 is 0. The van der Waals surface area contributed by atoms with Crippen molar-refractivity contribution in [1.29, 1.82) is 0 Å². The van der Waals surface area contributed by atoms with Crippen molar-refractivity contribution in [3.8, 4) is 0 Å². The van der Waals surface area contributed by atoms with Crippen LogP contribution in [0.3, 0.4) is 0 Å². The number of hydrogen-bond donors (Lipinski definition) is 1. The van der Waals surface area contributed by atoms with Gasteiger partial charge in [-0.05, 0) is 116 Å². The average Bonchev–Trinajstić information content (AvgIpc) is 3.58. The fourth-order valence-electron chi connectivity index (χ4n) is 10.0. The average molecular weight is 1270 g/mol. The van der Waals surface area contributed by atoms with Crippen molar-refractivity contribution in [2.45, 2.75) is 315 Å². The lowest BCUT2D eigenvalue weighted by Gasteiger charge is -2.24. The molecule has 0 saturated carbocycles. The molecule has 0 bridgehead atoms. The first-order valence-corrected chi connectivity index (χ1v) is 38.4. The summed E-state index contributed by atoms with van der Waals surface area (Å²) in [5, 5.41) is 0. The van der Waals surface area contributed by atoms with Gasteiger partial charge in [-0.3, -0.25) is 18.6 Å². The number of likely N-dealkylation sites (N-methyl/N-ethyl adjacent to an activating group) is 1. The zero-order valence-electron chi connectivity index (χ0n) is 58.8. The summed E-state index contributed by atoms with van der Waals surface area (Å²) in [6, 6.07) is 0. The summed E-state index contributed by atoms with van der Waals surface area (Å²) in [6.45, 7) is 4.29. The molecule has 0 aromatic carbocycles. The Morgan fingerprint density at radius 1 is 0.356 bits per heavy atom. The third kappa shape index (κ3) is 73.2. The molecule has 90 heavy (non-hydrogen) atoms. The number of phosphoric acid groups is 1. The Morgan fingerprint density at radius 3 is 0.956 bits per heavy atom. The molecule has 0 saturated heterocycles. The van der Waals surface area contributed by atoms with Crippen LogP contribution in [0.25, 0.3) is 0 Å². The van der Waals surface area contributed by atoms with Crippen molar-refractivity contribution in [2.24, 2.45) is 0 Å². The van der Waals surface area contributed by atoms with Gasteiger partial charge in [0.15, 0.2) is 6.10 Å². The normalized spacial score (nSPS) is 13.9. The van der Waals surface area contributed by atoms with Gasteiger partial charge in [0, 0.05) is 12.8 Å². The van der Waals surface area contributed by atoms with E-state index in [9.17, 15) is 19.0 Å². The van der Waals surface area contributed by atoms with Gasteiger partial charge >= 0.3 is 19.8 Å². The molecule has 9 nitrogen and oxygen atoms in total. The molecule has 516 valence electrons. The number of esters is 2. The molecule has 0 spiro atoms. The quantitative estimate of drug-likeness (QED) is 0.0211. The first-order chi connectivity index (χ1) is 44.0. The molecule has 0 amide bonds. The molecule has 2 unspecified atom stereocenters. The Balaban J connectivity index is 4.09. The second-order valence-electron chi connectivity index (χ2n) is 25.6. The molecule has 0 aliphatic rings. The van der Waals surface area contributed by atoms with Gasteiger partial charge in [0.05, 0.1) is 27.7 Å². The van der Waals surface area contributed by atoms with Crippen LogP contribution >= 0.6 is 7.82 Å². The van der Waals surface area contributed by atoms with Gasteiger partial charge in [-0.15, -0.1) is 0 Å². The maximum atomic E-state index is 12.9. The van der Waals surface area contributed by atoms with Gasteiger partial charge in [0.25, 0.3) is 0 Å². The van der Waals surface area contributed by atoms with Gasteiger partial charge in [-0.25, -0.2) is 4.57 Å². The highest BCUT2D eigenvalue weighted by atomic mass is 31.2. The summed E-state index contributed by atoms with van der Waals surface area (Å²) < 4.78 is 34.7. The van der Waals surface area contributed by atoms with Gasteiger partial charge in [-0.1, -0.05) is 314 Å². The fraction of sp³-hybridized carbons (Fsp3) is 0.700. The highest BCUT2D eigenvalue weighted by Crippen LogP contribution is 2.43. The molecule has 0 rings (SSSR count). The SMILES string of the molecule is CC/C=C\C/C=C\C/C=C\C/C=C\C/C=C\C/C=C\C/C=C\C/C=C\C/C=C\CCCCCC(=O)OC(COC(=O)CCCCCCCCCCCCCCCCCCCCCCCCC/C=C\C/C=C\CCCCCCC)COP(=O)(O)OCC[N+](C)(C)C. The van der Waals surface area contributed by atoms with Crippen molar-refractivity contribution in [3.05, 3.63) is 134 Å². The van der Waals surface area contributed by atoms with Crippen LogP contribution in [-0.4, -0.2) is 74.9 Å². The molecular weight excluding hydrogens is 1130 g/mol. The third-order valence-electron chi connectivity index (χ3n) is 15.7. The van der Waals surface area contributed by atoms with E-state index in [-0.39, 0.29) is 32.0 Å². The van der Waals surface area contributed by atoms with Crippen molar-refractivity contribution >= 4 is 19.8 Å². The fourth-order valence-corrected chi connectivity index (χ4v) is 10.8. The minimum atomic E-state index is -4.41. The van der Waals surface area contributed by atoms with Crippen LogP contribution in [0.1, 0.15) is 309 Å². The monoisotopic (exact) mass is 1270 g/mol. The van der Waals surface area contributed by atoms with Crippen LogP contribution in [0.2, 0.25) is 0 Å². The second-order valence-corrected chi connectivity index (χ2v) is 27.0. The van der Waals surface area contributed by atoms with E-state index < -0.39 is 26.5 Å². The summed E-state index contributed by atoms with van der Waals surface area (Å²) in [5.41, 5.74) is 0. The minimum absolute atomic E-state index is 0.0192. The Labute approximate surface area is 555 Å². The number of nitrogens with zero attached hydrogens (tertiary/aromatic N) is 1. The first-order valence-electron chi connectivity index (χ1n) is 36.9. The van der Waals surface area contributed by atoms with Crippen LogP contribution in [0.15, 0.2) is 134 Å². The number of allylic oxidation sites excluding steroid dienone is 22. The number of quaternary nitrogens is 1.